The fourth-order valence-electron chi connectivity index (χ4n) is 4.16. The van der Waals surface area contributed by atoms with Crippen LogP contribution in [0.4, 0.5) is 5.82 Å². The molecule has 3 aromatic rings. The van der Waals surface area contributed by atoms with E-state index in [1.807, 2.05) is 33.9 Å². The number of piperazine rings is 1. The Bertz CT molecular complexity index is 1010. The summed E-state index contributed by atoms with van der Waals surface area (Å²) in [6.45, 7) is 2.90. The van der Waals surface area contributed by atoms with Gasteiger partial charge in [-0.2, -0.15) is 5.10 Å². The zero-order chi connectivity index (χ0) is 18.9. The van der Waals surface area contributed by atoms with Gasteiger partial charge in [-0.3, -0.25) is 4.79 Å². The van der Waals surface area contributed by atoms with Gasteiger partial charge in [-0.1, -0.05) is 0 Å². The van der Waals surface area contributed by atoms with E-state index in [1.54, 1.807) is 18.4 Å². The van der Waals surface area contributed by atoms with Crippen molar-refractivity contribution in [3.05, 3.63) is 53.9 Å². The number of anilines is 1. The van der Waals surface area contributed by atoms with Crippen LogP contribution in [0.3, 0.4) is 0 Å². The molecule has 4 heterocycles. The summed E-state index contributed by atoms with van der Waals surface area (Å²) in [7, 11) is 0. The van der Waals surface area contributed by atoms with E-state index in [2.05, 4.69) is 9.88 Å². The van der Waals surface area contributed by atoms with Gasteiger partial charge in [-0.25, -0.2) is 9.50 Å². The molecule has 3 aromatic heterocycles. The van der Waals surface area contributed by atoms with Crippen LogP contribution < -0.4 is 4.90 Å². The molecule has 144 valence electrons. The van der Waals surface area contributed by atoms with Crippen LogP contribution in [0.2, 0.25) is 0 Å². The smallest absolute Gasteiger partial charge is 0.246 e. The highest BCUT2D eigenvalue weighted by Gasteiger charge is 2.25. The lowest BCUT2D eigenvalue weighted by molar-refractivity contribution is -0.126. The minimum absolute atomic E-state index is 0.0175. The monoisotopic (exact) mass is 377 g/mol. The first-order valence-electron chi connectivity index (χ1n) is 9.90. The Morgan fingerprint density at radius 3 is 2.82 bits per heavy atom. The lowest BCUT2D eigenvalue weighted by atomic mass is 9.97. The summed E-state index contributed by atoms with van der Waals surface area (Å²) in [5.41, 5.74) is 3.72. The molecule has 0 bridgehead atoms. The predicted molar refractivity (Wildman–Crippen MR) is 106 cm³/mol. The molecule has 1 aliphatic heterocycles. The number of nitrogens with zero attached hydrogens (tertiary/aromatic N) is 5. The van der Waals surface area contributed by atoms with Crippen molar-refractivity contribution in [3.63, 3.8) is 0 Å². The fourth-order valence-corrected chi connectivity index (χ4v) is 4.16. The summed E-state index contributed by atoms with van der Waals surface area (Å²) in [6, 6.07) is 3.64. The van der Waals surface area contributed by atoms with Gasteiger partial charge in [0, 0.05) is 50.2 Å². The number of rotatable bonds is 3. The maximum absolute atomic E-state index is 12.4. The second kappa shape index (κ2) is 7.14. The van der Waals surface area contributed by atoms with E-state index in [-0.39, 0.29) is 5.91 Å². The van der Waals surface area contributed by atoms with Crippen molar-refractivity contribution < 1.29 is 9.21 Å². The highest BCUT2D eigenvalue weighted by Crippen LogP contribution is 2.30. The van der Waals surface area contributed by atoms with Crippen molar-refractivity contribution in [1.29, 1.82) is 0 Å². The molecule has 0 unspecified atom stereocenters. The molecule has 28 heavy (non-hydrogen) atoms. The van der Waals surface area contributed by atoms with E-state index in [0.29, 0.717) is 18.8 Å². The molecular formula is C21H23N5O2. The average Bonchev–Trinajstić information content (AvgIpc) is 3.39. The zero-order valence-corrected chi connectivity index (χ0v) is 15.8. The first-order valence-corrected chi connectivity index (χ1v) is 9.90. The van der Waals surface area contributed by atoms with Crippen LogP contribution in [0, 0.1) is 0 Å². The molecule has 0 spiro atoms. The largest absolute Gasteiger partial charge is 0.465 e. The lowest BCUT2D eigenvalue weighted by Crippen LogP contribution is -2.48. The molecule has 0 N–H and O–H groups in total. The van der Waals surface area contributed by atoms with Gasteiger partial charge in [-0.05, 0) is 43.9 Å². The second-order valence-electron chi connectivity index (χ2n) is 7.34. The number of amides is 1. The van der Waals surface area contributed by atoms with E-state index in [4.69, 9.17) is 9.52 Å². The van der Waals surface area contributed by atoms with Crippen molar-refractivity contribution in [2.24, 2.45) is 0 Å². The Balaban J connectivity index is 1.32. The minimum atomic E-state index is 0.0175. The van der Waals surface area contributed by atoms with Crippen LogP contribution >= 0.6 is 0 Å². The van der Waals surface area contributed by atoms with Gasteiger partial charge in [0.1, 0.15) is 11.3 Å². The van der Waals surface area contributed by atoms with E-state index >= 15 is 0 Å². The molecule has 0 saturated carbocycles. The highest BCUT2D eigenvalue weighted by atomic mass is 16.3. The van der Waals surface area contributed by atoms with Gasteiger partial charge >= 0.3 is 0 Å². The van der Waals surface area contributed by atoms with Gasteiger partial charge in [0.15, 0.2) is 5.82 Å². The SMILES string of the molecule is O=C(C=Cc1ccco1)N1CCN(c2nccn3nc4c(c23)CCCC4)CC1. The Morgan fingerprint density at radius 2 is 2.00 bits per heavy atom. The molecule has 7 nitrogen and oxygen atoms in total. The number of fused-ring (bicyclic) bond motifs is 3. The van der Waals surface area contributed by atoms with Crippen molar-refractivity contribution >= 4 is 23.3 Å². The summed E-state index contributed by atoms with van der Waals surface area (Å²) in [5, 5.41) is 4.77. The third kappa shape index (κ3) is 3.06. The molecule has 1 saturated heterocycles. The number of carbonyl (C=O) groups excluding carboxylic acids is 1. The number of aryl methyl sites for hydroxylation is 2. The lowest BCUT2D eigenvalue weighted by Gasteiger charge is -2.35. The van der Waals surface area contributed by atoms with Crippen LogP contribution in [0.15, 0.2) is 41.3 Å². The molecule has 1 aliphatic carbocycles. The molecule has 0 radical (unpaired) electrons. The summed E-state index contributed by atoms with van der Waals surface area (Å²) >= 11 is 0. The van der Waals surface area contributed by atoms with Gasteiger partial charge in [0.25, 0.3) is 0 Å². The van der Waals surface area contributed by atoms with Crippen molar-refractivity contribution in [1.82, 2.24) is 19.5 Å². The minimum Gasteiger partial charge on any atom is -0.465 e. The summed E-state index contributed by atoms with van der Waals surface area (Å²) < 4.78 is 7.23. The van der Waals surface area contributed by atoms with E-state index in [0.717, 1.165) is 37.3 Å². The molecule has 2 aliphatic rings. The molecule has 0 atom stereocenters. The van der Waals surface area contributed by atoms with Crippen LogP contribution in [0.1, 0.15) is 29.9 Å². The summed E-state index contributed by atoms with van der Waals surface area (Å²) in [5.74, 6) is 1.70. The molecule has 1 amide bonds. The maximum Gasteiger partial charge on any atom is 0.246 e. The third-order valence-corrected chi connectivity index (χ3v) is 5.62. The molecule has 0 aromatic carbocycles. The second-order valence-corrected chi connectivity index (χ2v) is 7.34. The number of aromatic nitrogens is 3. The topological polar surface area (TPSA) is 66.9 Å². The van der Waals surface area contributed by atoms with Gasteiger partial charge in [0.2, 0.25) is 5.91 Å². The van der Waals surface area contributed by atoms with Crippen LogP contribution in [-0.2, 0) is 17.6 Å². The van der Waals surface area contributed by atoms with Crippen LogP contribution in [0.25, 0.3) is 11.6 Å². The first-order chi connectivity index (χ1) is 13.8. The maximum atomic E-state index is 12.4. The van der Waals surface area contributed by atoms with Crippen molar-refractivity contribution in [2.45, 2.75) is 25.7 Å². The van der Waals surface area contributed by atoms with Crippen LogP contribution in [0.5, 0.6) is 0 Å². The molecule has 7 heteroatoms. The summed E-state index contributed by atoms with van der Waals surface area (Å²) in [4.78, 5) is 21.3. The predicted octanol–water partition coefficient (Wildman–Crippen LogP) is 2.56. The molecular weight excluding hydrogens is 354 g/mol. The van der Waals surface area contributed by atoms with E-state index < -0.39 is 0 Å². The van der Waals surface area contributed by atoms with Crippen molar-refractivity contribution in [3.8, 4) is 0 Å². The zero-order valence-electron chi connectivity index (χ0n) is 15.8. The quantitative estimate of drug-likeness (QED) is 0.657. The average molecular weight is 377 g/mol. The van der Waals surface area contributed by atoms with Gasteiger partial charge in [0.05, 0.1) is 12.0 Å². The number of carbonyl (C=O) groups is 1. The van der Waals surface area contributed by atoms with Crippen molar-refractivity contribution in [2.75, 3.05) is 31.1 Å². The normalized spacial score (nSPS) is 17.4. The van der Waals surface area contributed by atoms with E-state index in [1.165, 1.54) is 24.1 Å². The molecule has 1 fully saturated rings. The Hall–Kier alpha value is -3.09. The Morgan fingerprint density at radius 1 is 1.14 bits per heavy atom. The third-order valence-electron chi connectivity index (χ3n) is 5.62. The fraction of sp³-hybridized carbons (Fsp3) is 0.381. The number of hydrogen-bond donors (Lipinski definition) is 0. The van der Waals surface area contributed by atoms with Gasteiger partial charge < -0.3 is 14.2 Å². The Labute approximate surface area is 163 Å². The highest BCUT2D eigenvalue weighted by molar-refractivity contribution is 5.91. The first kappa shape index (κ1) is 17.0. The number of hydrogen-bond acceptors (Lipinski definition) is 5. The number of furan rings is 1. The standard InChI is InChI=1S/C21H23N5O2/c27-19(8-7-16-4-3-15-28-16)24-11-13-25(14-12-24)21-20-17-5-1-2-6-18(17)23-26(20)10-9-22-21/h3-4,7-10,15H,1-2,5-6,11-14H2. The van der Waals surface area contributed by atoms with Gasteiger partial charge in [-0.15, -0.1) is 0 Å². The Kier molecular flexibility index (Phi) is 4.35. The summed E-state index contributed by atoms with van der Waals surface area (Å²) in [6.07, 6.45) is 13.2. The van der Waals surface area contributed by atoms with Crippen LogP contribution in [-0.4, -0.2) is 51.6 Å². The van der Waals surface area contributed by atoms with E-state index in [9.17, 15) is 4.79 Å². The molecule has 5 rings (SSSR count).